The number of nitrogen functional groups attached to an aromatic ring is 1. The Morgan fingerprint density at radius 2 is 1.94 bits per heavy atom. The van der Waals surface area contributed by atoms with Crippen molar-refractivity contribution >= 4 is 5.69 Å². The molecule has 0 aliphatic rings. The molecule has 0 aliphatic carbocycles. The first-order chi connectivity index (χ1) is 8.69. The lowest BCUT2D eigenvalue weighted by Crippen LogP contribution is -2.02. The minimum absolute atomic E-state index is 0.561. The molecular weight excluding hydrogens is 222 g/mol. The topological polar surface area (TPSA) is 35.2 Å². The summed E-state index contributed by atoms with van der Waals surface area (Å²) in [5.74, 6) is 1.39. The quantitative estimate of drug-likeness (QED) is 0.533. The van der Waals surface area contributed by atoms with Gasteiger partial charge in [-0.05, 0) is 36.5 Å². The van der Waals surface area contributed by atoms with Gasteiger partial charge in [0.05, 0.1) is 12.3 Å². The Morgan fingerprint density at radius 3 is 2.56 bits per heavy atom. The second-order valence-corrected chi connectivity index (χ2v) is 5.02. The fourth-order valence-electron chi connectivity index (χ4n) is 1.95. The number of ether oxygens (including phenoxy) is 1. The van der Waals surface area contributed by atoms with Crippen molar-refractivity contribution < 1.29 is 4.74 Å². The molecule has 2 nitrogen and oxygen atoms in total. The molecule has 0 aromatic heterocycles. The highest BCUT2D eigenvalue weighted by Crippen LogP contribution is 2.27. The summed E-state index contributed by atoms with van der Waals surface area (Å²) in [6.45, 7) is 7.40. The number of rotatable bonds is 8. The zero-order valence-corrected chi connectivity index (χ0v) is 12.0. The van der Waals surface area contributed by atoms with Crippen LogP contribution >= 0.6 is 0 Å². The molecule has 0 aliphatic heterocycles. The lowest BCUT2D eigenvalue weighted by atomic mass is 9.98. The molecule has 0 saturated carbocycles. The van der Waals surface area contributed by atoms with Crippen molar-refractivity contribution in [3.05, 3.63) is 23.8 Å². The Morgan fingerprint density at radius 1 is 1.17 bits per heavy atom. The van der Waals surface area contributed by atoms with Gasteiger partial charge in [-0.1, -0.05) is 46.1 Å². The molecule has 1 atom stereocenters. The Balaban J connectivity index is 2.47. The van der Waals surface area contributed by atoms with Gasteiger partial charge in [0, 0.05) is 0 Å². The van der Waals surface area contributed by atoms with Crippen LogP contribution in [0.25, 0.3) is 0 Å². The van der Waals surface area contributed by atoms with E-state index in [1.54, 1.807) is 0 Å². The Kier molecular flexibility index (Phi) is 6.63. The highest BCUT2D eigenvalue weighted by atomic mass is 16.5. The summed E-state index contributed by atoms with van der Waals surface area (Å²) in [5, 5.41) is 0. The van der Waals surface area contributed by atoms with Crippen molar-refractivity contribution in [3.63, 3.8) is 0 Å². The van der Waals surface area contributed by atoms with Crippen LogP contribution in [0.3, 0.4) is 0 Å². The van der Waals surface area contributed by atoms with Crippen LogP contribution in [0.15, 0.2) is 18.2 Å². The average Bonchev–Trinajstić information content (AvgIpc) is 2.39. The van der Waals surface area contributed by atoms with Crippen molar-refractivity contribution in [1.29, 1.82) is 0 Å². The molecular formula is C16H27NO. The van der Waals surface area contributed by atoms with Crippen molar-refractivity contribution in [2.75, 3.05) is 12.3 Å². The van der Waals surface area contributed by atoms with Crippen molar-refractivity contribution in [2.24, 2.45) is 0 Å². The number of anilines is 1. The zero-order chi connectivity index (χ0) is 13.4. The molecule has 0 amide bonds. The summed E-state index contributed by atoms with van der Waals surface area (Å²) in [7, 11) is 0. The third kappa shape index (κ3) is 4.59. The Hall–Kier alpha value is -1.18. The number of hydrogen-bond acceptors (Lipinski definition) is 2. The van der Waals surface area contributed by atoms with Crippen molar-refractivity contribution in [1.82, 2.24) is 0 Å². The number of benzene rings is 1. The molecule has 0 saturated heterocycles. The lowest BCUT2D eigenvalue weighted by Gasteiger charge is -2.13. The highest BCUT2D eigenvalue weighted by molar-refractivity contribution is 5.54. The van der Waals surface area contributed by atoms with E-state index in [1.807, 2.05) is 6.07 Å². The predicted octanol–water partition coefficient (Wildman–Crippen LogP) is 4.74. The molecule has 0 heterocycles. The van der Waals surface area contributed by atoms with Crippen LogP contribution in [0.1, 0.15) is 64.4 Å². The van der Waals surface area contributed by atoms with Gasteiger partial charge in [-0.2, -0.15) is 0 Å². The summed E-state index contributed by atoms with van der Waals surface area (Å²) in [4.78, 5) is 0. The van der Waals surface area contributed by atoms with Crippen LogP contribution in [0, 0.1) is 0 Å². The van der Waals surface area contributed by atoms with Crippen LogP contribution in [-0.2, 0) is 0 Å². The summed E-state index contributed by atoms with van der Waals surface area (Å²) < 4.78 is 5.73. The molecule has 2 N–H and O–H groups in total. The first-order valence-corrected chi connectivity index (χ1v) is 7.21. The van der Waals surface area contributed by atoms with Crippen LogP contribution in [-0.4, -0.2) is 6.61 Å². The average molecular weight is 249 g/mol. The molecule has 1 rings (SSSR count). The fourth-order valence-corrected chi connectivity index (χ4v) is 1.95. The van der Waals surface area contributed by atoms with Crippen LogP contribution < -0.4 is 10.5 Å². The van der Waals surface area contributed by atoms with Crippen molar-refractivity contribution in [2.45, 2.75) is 58.8 Å². The largest absolute Gasteiger partial charge is 0.491 e. The third-order valence-corrected chi connectivity index (χ3v) is 3.47. The van der Waals surface area contributed by atoms with Gasteiger partial charge in [-0.25, -0.2) is 0 Å². The molecule has 0 bridgehead atoms. The summed E-state index contributed by atoms with van der Waals surface area (Å²) in [6.07, 6.45) is 6.02. The zero-order valence-electron chi connectivity index (χ0n) is 12.0. The molecule has 0 spiro atoms. The molecule has 0 fully saturated rings. The van der Waals surface area contributed by atoms with Gasteiger partial charge in [0.25, 0.3) is 0 Å². The molecule has 1 unspecified atom stereocenters. The van der Waals surface area contributed by atoms with Crippen LogP contribution in [0.2, 0.25) is 0 Å². The molecule has 0 radical (unpaired) electrons. The Bertz CT molecular complexity index is 349. The van der Waals surface area contributed by atoms with E-state index >= 15 is 0 Å². The summed E-state index contributed by atoms with van der Waals surface area (Å²) >= 11 is 0. The standard InChI is InChI=1S/C16H27NO/c1-4-6-7-8-11-18-16-10-9-14(12-15(16)17)13(3)5-2/h9-10,12-13H,4-8,11,17H2,1-3H3. The maximum absolute atomic E-state index is 6.03. The second-order valence-electron chi connectivity index (χ2n) is 5.02. The van der Waals surface area contributed by atoms with Gasteiger partial charge in [-0.15, -0.1) is 0 Å². The van der Waals surface area contributed by atoms with Gasteiger partial charge in [0.1, 0.15) is 5.75 Å². The fraction of sp³-hybridized carbons (Fsp3) is 0.625. The molecule has 1 aromatic carbocycles. The third-order valence-electron chi connectivity index (χ3n) is 3.47. The van der Waals surface area contributed by atoms with Crippen LogP contribution in [0.4, 0.5) is 5.69 Å². The molecule has 102 valence electrons. The Labute approximate surface area is 112 Å². The maximum Gasteiger partial charge on any atom is 0.142 e. The summed E-state index contributed by atoms with van der Waals surface area (Å²) in [5.41, 5.74) is 8.10. The van der Waals surface area contributed by atoms with E-state index in [4.69, 9.17) is 10.5 Å². The number of hydrogen-bond donors (Lipinski definition) is 1. The normalized spacial score (nSPS) is 12.4. The SMILES string of the molecule is CCCCCCOc1ccc(C(C)CC)cc1N. The number of nitrogens with two attached hydrogens (primary N) is 1. The second kappa shape index (κ2) is 8.02. The van der Waals surface area contributed by atoms with E-state index in [1.165, 1.54) is 24.8 Å². The van der Waals surface area contributed by atoms with Gasteiger partial charge >= 0.3 is 0 Å². The van der Waals surface area contributed by atoms with E-state index in [2.05, 4.69) is 32.9 Å². The minimum Gasteiger partial charge on any atom is -0.491 e. The van der Waals surface area contributed by atoms with E-state index in [-0.39, 0.29) is 0 Å². The lowest BCUT2D eigenvalue weighted by molar-refractivity contribution is 0.306. The van der Waals surface area contributed by atoms with Crippen LogP contribution in [0.5, 0.6) is 5.75 Å². The molecule has 18 heavy (non-hydrogen) atoms. The molecule has 1 aromatic rings. The van der Waals surface area contributed by atoms with Crippen molar-refractivity contribution in [3.8, 4) is 5.75 Å². The van der Waals surface area contributed by atoms with E-state index in [0.29, 0.717) is 5.92 Å². The van der Waals surface area contributed by atoms with E-state index in [9.17, 15) is 0 Å². The van der Waals surface area contributed by atoms with Gasteiger partial charge in [-0.3, -0.25) is 0 Å². The van der Waals surface area contributed by atoms with E-state index in [0.717, 1.165) is 30.9 Å². The first-order valence-electron chi connectivity index (χ1n) is 7.21. The molecule has 2 heteroatoms. The predicted molar refractivity (Wildman–Crippen MR) is 79.2 cm³/mol. The van der Waals surface area contributed by atoms with Gasteiger partial charge in [0.2, 0.25) is 0 Å². The summed E-state index contributed by atoms with van der Waals surface area (Å²) in [6, 6.07) is 6.19. The minimum atomic E-state index is 0.561. The van der Waals surface area contributed by atoms with Gasteiger partial charge in [0.15, 0.2) is 0 Å². The number of unbranched alkanes of at least 4 members (excludes halogenated alkanes) is 3. The maximum atomic E-state index is 6.03. The highest BCUT2D eigenvalue weighted by Gasteiger charge is 2.06. The van der Waals surface area contributed by atoms with E-state index < -0.39 is 0 Å². The van der Waals surface area contributed by atoms with Gasteiger partial charge < -0.3 is 10.5 Å². The smallest absolute Gasteiger partial charge is 0.142 e. The monoisotopic (exact) mass is 249 g/mol. The first kappa shape index (κ1) is 14.9.